The highest BCUT2D eigenvalue weighted by molar-refractivity contribution is 6.23. The largest absolute Gasteiger partial charge is 0.374 e. The van der Waals surface area contributed by atoms with Gasteiger partial charge in [0.2, 0.25) is 5.95 Å². The summed E-state index contributed by atoms with van der Waals surface area (Å²) in [5.41, 5.74) is 6.98. The van der Waals surface area contributed by atoms with Crippen LogP contribution in [0.2, 0.25) is 0 Å². The van der Waals surface area contributed by atoms with Crippen molar-refractivity contribution in [3.8, 4) is 0 Å². The van der Waals surface area contributed by atoms with E-state index < -0.39 is 29.1 Å². The normalized spacial score (nSPS) is 24.2. The molecule has 9 nitrogen and oxygen atoms in total. The van der Waals surface area contributed by atoms with Gasteiger partial charge in [-0.05, 0) is 11.1 Å². The molecule has 4 aromatic rings. The molecule has 11 heteroatoms. The lowest BCUT2D eigenvalue weighted by Gasteiger charge is -2.26. The van der Waals surface area contributed by atoms with Crippen LogP contribution in [-0.4, -0.2) is 43.5 Å². The zero-order valence-electron chi connectivity index (χ0n) is 18.5. The molecule has 1 saturated heterocycles. The van der Waals surface area contributed by atoms with E-state index in [1.165, 1.54) is 10.9 Å². The van der Waals surface area contributed by atoms with Crippen LogP contribution >= 0.6 is 11.6 Å². The molecule has 182 valence electrons. The molecule has 35 heavy (non-hydrogen) atoms. The number of H-pyrrole nitrogens is 1. The van der Waals surface area contributed by atoms with Gasteiger partial charge in [-0.25, -0.2) is 9.37 Å². The number of nitrogen functional groups attached to an aromatic ring is 1. The van der Waals surface area contributed by atoms with Gasteiger partial charge >= 0.3 is 0 Å². The van der Waals surface area contributed by atoms with E-state index in [0.717, 1.165) is 11.1 Å². The zero-order chi connectivity index (χ0) is 24.4. The molecule has 0 aliphatic carbocycles. The Labute approximate surface area is 204 Å². The fourth-order valence-electron chi connectivity index (χ4n) is 4.05. The first-order valence-electron chi connectivity index (χ1n) is 11.0. The number of imidazole rings is 1. The Morgan fingerprint density at radius 1 is 1.11 bits per heavy atom. The molecule has 1 aliphatic heterocycles. The summed E-state index contributed by atoms with van der Waals surface area (Å²) in [6, 6.07) is 18.9. The molecule has 2 aromatic carbocycles. The fourth-order valence-corrected chi connectivity index (χ4v) is 4.41. The van der Waals surface area contributed by atoms with Gasteiger partial charge in [-0.1, -0.05) is 72.3 Å². The summed E-state index contributed by atoms with van der Waals surface area (Å²) in [6.07, 6.45) is -2.20. The van der Waals surface area contributed by atoms with Gasteiger partial charge in [-0.15, -0.1) is 0 Å². The standard InChI is InChI=1S/C24H23ClFN5O4/c25-24(26)19(34-12-16-9-5-2-6-10-16)17(13-33-11-15-7-3-1-4-8-15)35-22(24)31-14-28-18-20(31)29-23(27)30-21(18)32/h1-10,14,17,19,22H,11-13H2,(H3,27,29,30,32)/t17-,19-,22-,24-/m1/s1. The van der Waals surface area contributed by atoms with Gasteiger partial charge in [0.25, 0.3) is 10.7 Å². The van der Waals surface area contributed by atoms with Gasteiger partial charge in [0, 0.05) is 0 Å². The number of aromatic amines is 1. The van der Waals surface area contributed by atoms with E-state index in [2.05, 4.69) is 15.0 Å². The summed E-state index contributed by atoms with van der Waals surface area (Å²) in [5.74, 6) is -0.138. The van der Waals surface area contributed by atoms with Crippen LogP contribution in [0.4, 0.5) is 10.3 Å². The van der Waals surface area contributed by atoms with E-state index in [-0.39, 0.29) is 30.3 Å². The first-order chi connectivity index (χ1) is 16.9. The lowest BCUT2D eigenvalue weighted by molar-refractivity contribution is -0.0821. The predicted octanol–water partition coefficient (Wildman–Crippen LogP) is 3.31. The molecular weight excluding hydrogens is 477 g/mol. The molecule has 2 aromatic heterocycles. The summed E-state index contributed by atoms with van der Waals surface area (Å²) in [6.45, 7) is 0.441. The second kappa shape index (κ2) is 9.74. The number of fused-ring (bicyclic) bond motifs is 1. The lowest BCUT2D eigenvalue weighted by atomic mass is 10.1. The summed E-state index contributed by atoms with van der Waals surface area (Å²) in [4.78, 5) is 22.7. The number of aromatic nitrogens is 4. The molecule has 1 fully saturated rings. The van der Waals surface area contributed by atoms with Gasteiger partial charge in [0.1, 0.15) is 12.2 Å². The second-order valence-electron chi connectivity index (χ2n) is 8.19. The highest BCUT2D eigenvalue weighted by atomic mass is 35.5. The number of alkyl halides is 2. The SMILES string of the molecule is Nc1nc2c(ncn2[C@@H]2O[C@H](COCc3ccccc3)[C@@H](OCc3ccccc3)[C@]2(F)Cl)c(=O)[nH]1. The average Bonchev–Trinajstić information content (AvgIpc) is 3.37. The predicted molar refractivity (Wildman–Crippen MR) is 127 cm³/mol. The molecule has 1 aliphatic rings. The number of rotatable bonds is 8. The fraction of sp³-hybridized carbons (Fsp3) is 0.292. The monoisotopic (exact) mass is 499 g/mol. The number of nitrogens with two attached hydrogens (primary N) is 1. The van der Waals surface area contributed by atoms with E-state index >= 15 is 4.39 Å². The summed E-state index contributed by atoms with van der Waals surface area (Å²) in [5, 5.41) is -2.53. The van der Waals surface area contributed by atoms with Crippen molar-refractivity contribution in [3.05, 3.63) is 88.5 Å². The molecule has 5 rings (SSSR count). The molecule has 4 atom stereocenters. The number of hydrogen-bond donors (Lipinski definition) is 2. The minimum absolute atomic E-state index is 0.0131. The van der Waals surface area contributed by atoms with Gasteiger partial charge in [-0.3, -0.25) is 14.3 Å². The molecule has 3 N–H and O–H groups in total. The van der Waals surface area contributed by atoms with Crippen LogP contribution in [0.25, 0.3) is 11.2 Å². The third-order valence-corrected chi connectivity index (χ3v) is 6.12. The van der Waals surface area contributed by atoms with Crippen LogP contribution in [-0.2, 0) is 27.4 Å². The Kier molecular flexibility index (Phi) is 6.52. The maximum atomic E-state index is 16.2. The van der Waals surface area contributed by atoms with Crippen molar-refractivity contribution in [1.82, 2.24) is 19.5 Å². The highest BCUT2D eigenvalue weighted by Gasteiger charge is 2.59. The van der Waals surface area contributed by atoms with Crippen molar-refractivity contribution in [2.75, 3.05) is 12.3 Å². The molecule has 0 bridgehead atoms. The number of hydrogen-bond acceptors (Lipinski definition) is 7. The first-order valence-corrected chi connectivity index (χ1v) is 11.3. The number of halogens is 2. The van der Waals surface area contributed by atoms with Gasteiger partial charge in [-0.2, -0.15) is 4.98 Å². The Balaban J connectivity index is 1.42. The van der Waals surface area contributed by atoms with Gasteiger partial charge in [0.05, 0.1) is 26.1 Å². The number of anilines is 1. The maximum Gasteiger partial charge on any atom is 0.280 e. The summed E-state index contributed by atoms with van der Waals surface area (Å²) < 4.78 is 35.3. The van der Waals surface area contributed by atoms with Gasteiger partial charge in [0.15, 0.2) is 17.4 Å². The Morgan fingerprint density at radius 2 is 1.77 bits per heavy atom. The van der Waals surface area contributed by atoms with E-state index in [0.29, 0.717) is 6.61 Å². The second-order valence-corrected chi connectivity index (χ2v) is 8.77. The number of nitrogens with zero attached hydrogens (tertiary/aromatic N) is 3. The Morgan fingerprint density at radius 3 is 2.46 bits per heavy atom. The maximum absolute atomic E-state index is 16.2. The molecule has 0 amide bonds. The third kappa shape index (κ3) is 4.78. The van der Waals surface area contributed by atoms with Crippen LogP contribution in [0, 0.1) is 0 Å². The van der Waals surface area contributed by atoms with Crippen molar-refractivity contribution in [2.24, 2.45) is 0 Å². The van der Waals surface area contributed by atoms with Crippen molar-refractivity contribution in [2.45, 2.75) is 36.8 Å². The lowest BCUT2D eigenvalue weighted by Crippen LogP contribution is -2.41. The van der Waals surface area contributed by atoms with E-state index in [1.54, 1.807) is 0 Å². The smallest absolute Gasteiger partial charge is 0.280 e. The quantitative estimate of drug-likeness (QED) is 0.357. The minimum atomic E-state index is -2.53. The average molecular weight is 500 g/mol. The molecular formula is C24H23ClFN5O4. The van der Waals surface area contributed by atoms with Crippen molar-refractivity contribution >= 4 is 28.7 Å². The van der Waals surface area contributed by atoms with Crippen LogP contribution in [0.1, 0.15) is 17.4 Å². The van der Waals surface area contributed by atoms with E-state index in [9.17, 15) is 4.79 Å². The van der Waals surface area contributed by atoms with Crippen molar-refractivity contribution in [1.29, 1.82) is 0 Å². The van der Waals surface area contributed by atoms with E-state index in [4.69, 9.17) is 31.5 Å². The number of nitrogens with one attached hydrogen (secondary N) is 1. The number of benzene rings is 2. The Hall–Kier alpha value is -3.31. The summed E-state index contributed by atoms with van der Waals surface area (Å²) in [7, 11) is 0. The molecule has 0 radical (unpaired) electrons. The molecule has 3 heterocycles. The Bertz CT molecular complexity index is 1350. The van der Waals surface area contributed by atoms with Crippen molar-refractivity contribution < 1.29 is 18.6 Å². The number of ether oxygens (including phenoxy) is 3. The minimum Gasteiger partial charge on any atom is -0.374 e. The molecule has 0 saturated carbocycles. The van der Waals surface area contributed by atoms with Crippen LogP contribution in [0.15, 0.2) is 71.8 Å². The molecule has 0 spiro atoms. The van der Waals surface area contributed by atoms with Crippen LogP contribution in [0.3, 0.4) is 0 Å². The first kappa shape index (κ1) is 23.4. The van der Waals surface area contributed by atoms with E-state index in [1.807, 2.05) is 60.7 Å². The zero-order valence-corrected chi connectivity index (χ0v) is 19.3. The molecule has 0 unspecified atom stereocenters. The van der Waals surface area contributed by atoms with Crippen LogP contribution in [0.5, 0.6) is 0 Å². The topological polar surface area (TPSA) is 117 Å². The highest BCUT2D eigenvalue weighted by Crippen LogP contribution is 2.47. The third-order valence-electron chi connectivity index (χ3n) is 5.72. The van der Waals surface area contributed by atoms with Crippen molar-refractivity contribution in [3.63, 3.8) is 0 Å². The van der Waals surface area contributed by atoms with Crippen LogP contribution < -0.4 is 11.3 Å². The van der Waals surface area contributed by atoms with Gasteiger partial charge < -0.3 is 19.9 Å². The summed E-state index contributed by atoms with van der Waals surface area (Å²) >= 11 is 6.46.